The number of aromatic nitrogens is 2. The smallest absolute Gasteiger partial charge is 0.297 e. The van der Waals surface area contributed by atoms with Crippen LogP contribution in [0.4, 0.5) is 28.4 Å². The zero-order chi connectivity index (χ0) is 53.5. The van der Waals surface area contributed by atoms with Gasteiger partial charge in [-0.3, -0.25) is 24.7 Å². The maximum atomic E-state index is 16.2. The Kier molecular flexibility index (Phi) is 13.4. The number of nitrogens with one attached hydrogen (secondary N) is 2. The number of aromatic amines is 1. The maximum Gasteiger partial charge on any atom is 0.297 e. The van der Waals surface area contributed by atoms with Crippen molar-refractivity contribution in [3.63, 3.8) is 0 Å². The Morgan fingerprint density at radius 2 is 1.69 bits per heavy atom. The molecule has 8 heterocycles. The number of nitrogens with zero attached hydrogens (tertiary/aromatic N) is 7. The fraction of sp³-hybridized carbons (Fsp3) is 0.519. The first-order chi connectivity index (χ1) is 37.0. The number of aryl methyl sites for hydroxylation is 1. The van der Waals surface area contributed by atoms with Gasteiger partial charge in [0.05, 0.1) is 70.0 Å². The number of hydrogen-bond acceptors (Lipinski definition) is 17. The molecule has 3 aromatic carbocycles. The molecule has 5 fully saturated rings. The van der Waals surface area contributed by atoms with Crippen LogP contribution < -0.4 is 30.3 Å². The van der Waals surface area contributed by atoms with Crippen LogP contribution in [0.2, 0.25) is 0 Å². The lowest BCUT2D eigenvalue weighted by atomic mass is 9.59. The molecular formula is C54H66N10O11S2. The number of anilines is 4. The first kappa shape index (κ1) is 51.7. The van der Waals surface area contributed by atoms with Gasteiger partial charge < -0.3 is 44.8 Å². The van der Waals surface area contributed by atoms with E-state index >= 15 is 8.42 Å². The third-order valence-corrected chi connectivity index (χ3v) is 21.4. The predicted molar refractivity (Wildman–Crippen MR) is 289 cm³/mol. The highest BCUT2D eigenvalue weighted by molar-refractivity contribution is 7.92. The molecule has 2 aromatic heterocycles. The van der Waals surface area contributed by atoms with Gasteiger partial charge >= 0.3 is 0 Å². The van der Waals surface area contributed by atoms with E-state index in [1.54, 1.807) is 32.2 Å². The summed E-state index contributed by atoms with van der Waals surface area (Å²) in [6.45, 7) is 11.2. The van der Waals surface area contributed by atoms with Crippen LogP contribution in [0.3, 0.4) is 0 Å². The number of carbonyl (C=O) groups excluding carboxylic acids is 1. The van der Waals surface area contributed by atoms with Crippen LogP contribution in [0, 0.1) is 22.5 Å². The minimum Gasteiger partial charge on any atom is -0.489 e. The van der Waals surface area contributed by atoms with E-state index in [0.717, 1.165) is 43.7 Å². The number of morpholine rings is 1. The van der Waals surface area contributed by atoms with Crippen molar-refractivity contribution in [1.82, 2.24) is 24.1 Å². The monoisotopic (exact) mass is 1090 g/mol. The third kappa shape index (κ3) is 9.23. The van der Waals surface area contributed by atoms with Crippen LogP contribution in [0.15, 0.2) is 76.7 Å². The van der Waals surface area contributed by atoms with E-state index in [2.05, 4.69) is 56.2 Å². The first-order valence-corrected chi connectivity index (χ1v) is 29.8. The second-order valence-electron chi connectivity index (χ2n) is 22.1. The number of amides is 1. The standard InChI is InChI=1S/C54H66N10O11S2/c1-33(2)77(70,71)61-19-17-59(18-20-61)29-36-30-74-46-26-38(25-43(64(66)67)48(46)57-36)76(68,69)50-42(60-15-12-54(13-16-60)27-37(28-54)62-21-23-73-31-45(62)39-7-5-4-6-34(39)3)9-8-40(51(55)65)49(50)63-41-11-22-72-32-47(41)75-53-44(63)24-35-10-14-56-52(35)58-53/h4-10,14,24-26,33,36-37,41,45,47,57H,11-13,15-23,27-32H2,1-3H3,(H2,55,65)(H,56,58)/t36-,41-,45-,47-/m0/s1. The Balaban J connectivity index is 0.911. The molecule has 4 atom stereocenters. The number of sulfone groups is 1. The number of nitro benzene ring substituents is 1. The lowest BCUT2D eigenvalue weighted by Gasteiger charge is -2.57. The van der Waals surface area contributed by atoms with Crippen LogP contribution in [0.25, 0.3) is 11.0 Å². The molecule has 0 bridgehead atoms. The van der Waals surface area contributed by atoms with Crippen molar-refractivity contribution in [2.75, 3.05) is 101 Å². The first-order valence-electron chi connectivity index (χ1n) is 26.8. The Morgan fingerprint density at radius 1 is 0.922 bits per heavy atom. The fourth-order valence-electron chi connectivity index (χ4n) is 13.1. The molecule has 4 N–H and O–H groups in total. The Morgan fingerprint density at radius 3 is 2.43 bits per heavy atom. The lowest BCUT2D eigenvalue weighted by molar-refractivity contribution is -0.384. The summed E-state index contributed by atoms with van der Waals surface area (Å²) in [5, 5.41) is 16.6. The number of nitrogens with two attached hydrogens (primary N) is 1. The number of fused-ring (bicyclic) bond motifs is 4. The molecule has 0 unspecified atom stereocenters. The number of piperazine rings is 1. The number of H-pyrrole nitrogens is 1. The molecule has 6 aliphatic heterocycles. The third-order valence-electron chi connectivity index (χ3n) is 17.3. The summed E-state index contributed by atoms with van der Waals surface area (Å²) in [6.07, 6.45) is 5.12. The van der Waals surface area contributed by atoms with E-state index in [9.17, 15) is 23.3 Å². The van der Waals surface area contributed by atoms with E-state index in [4.69, 9.17) is 29.7 Å². The molecule has 1 amide bonds. The number of rotatable bonds is 12. The van der Waals surface area contributed by atoms with E-state index < -0.39 is 64.7 Å². The van der Waals surface area contributed by atoms with Crippen molar-refractivity contribution in [2.24, 2.45) is 11.1 Å². The van der Waals surface area contributed by atoms with E-state index in [0.29, 0.717) is 95.1 Å². The van der Waals surface area contributed by atoms with Gasteiger partial charge in [-0.25, -0.2) is 16.8 Å². The van der Waals surface area contributed by atoms with Gasteiger partial charge in [0.1, 0.15) is 28.9 Å². The quantitative estimate of drug-likeness (QED) is 0.0994. The highest BCUT2D eigenvalue weighted by Crippen LogP contribution is 2.56. The summed E-state index contributed by atoms with van der Waals surface area (Å²) in [4.78, 5) is 42.5. The summed E-state index contributed by atoms with van der Waals surface area (Å²) < 4.78 is 84.5. The highest BCUT2D eigenvalue weighted by atomic mass is 32.2. The number of benzene rings is 3. The van der Waals surface area contributed by atoms with E-state index in [-0.39, 0.29) is 58.1 Å². The summed E-state index contributed by atoms with van der Waals surface area (Å²) >= 11 is 0. The van der Waals surface area contributed by atoms with Crippen molar-refractivity contribution in [2.45, 2.75) is 98.2 Å². The second-order valence-corrected chi connectivity index (χ2v) is 26.5. The molecular weight excluding hydrogens is 1030 g/mol. The SMILES string of the molecule is Cc1ccccc1[C@@H]1COCCN1C1CC2(CCN(c3ccc(C(N)=O)c(N4c5cc6cc[nH]c6nc5O[C@H]5COCC[C@@H]54)c3S(=O)(=O)c3cc4c(c([N+](=O)[O-])c3)N[C@@H](CN3CCN(S(=O)(=O)C(C)C)CC3)CO4)CC2)C1. The minimum atomic E-state index is -4.84. The van der Waals surface area contributed by atoms with Crippen LogP contribution in [-0.2, 0) is 29.3 Å². The molecule has 0 radical (unpaired) electrons. The van der Waals surface area contributed by atoms with Crippen LogP contribution >= 0.6 is 0 Å². The summed E-state index contributed by atoms with van der Waals surface area (Å²) in [5.41, 5.74) is 9.72. The molecule has 5 aromatic rings. The van der Waals surface area contributed by atoms with Crippen molar-refractivity contribution < 1.29 is 45.5 Å². The number of primary amides is 1. The molecule has 7 aliphatic rings. The Labute approximate surface area is 448 Å². The molecule has 21 nitrogen and oxygen atoms in total. The number of ether oxygens (including phenoxy) is 4. The number of hydrogen-bond donors (Lipinski definition) is 3. The lowest BCUT2D eigenvalue weighted by Crippen LogP contribution is -2.58. The van der Waals surface area contributed by atoms with Crippen molar-refractivity contribution in [1.29, 1.82) is 0 Å². The van der Waals surface area contributed by atoms with Crippen LogP contribution in [0.5, 0.6) is 11.6 Å². The molecule has 1 spiro atoms. The molecule has 1 saturated carbocycles. The number of sulfonamides is 1. The predicted octanol–water partition coefficient (Wildman–Crippen LogP) is 5.75. The molecule has 4 saturated heterocycles. The molecule has 23 heteroatoms. The number of carbonyl (C=O) groups is 1. The molecule has 12 rings (SSSR count). The fourth-order valence-corrected chi connectivity index (χ4v) is 16.1. The van der Waals surface area contributed by atoms with Crippen LogP contribution in [-0.4, -0.2) is 167 Å². The highest BCUT2D eigenvalue weighted by Gasteiger charge is 2.51. The summed E-state index contributed by atoms with van der Waals surface area (Å²) in [5.74, 6) is -0.666. The van der Waals surface area contributed by atoms with E-state index in [1.165, 1.54) is 21.5 Å². The minimum absolute atomic E-state index is 0.0133. The zero-order valence-corrected chi connectivity index (χ0v) is 45.2. The number of pyridine rings is 1. The van der Waals surface area contributed by atoms with Gasteiger partial charge in [0.15, 0.2) is 11.4 Å². The average molecular weight is 1100 g/mol. The second kappa shape index (κ2) is 20.0. The topological polar surface area (TPSA) is 248 Å². The zero-order valence-electron chi connectivity index (χ0n) is 43.6. The van der Waals surface area contributed by atoms with Gasteiger partial charge in [-0.15, -0.1) is 0 Å². The van der Waals surface area contributed by atoms with Crippen molar-refractivity contribution >= 4 is 65.2 Å². The normalized spacial score (nSPS) is 24.3. The molecule has 410 valence electrons. The largest absolute Gasteiger partial charge is 0.489 e. The molecule has 77 heavy (non-hydrogen) atoms. The maximum absolute atomic E-state index is 16.2. The summed E-state index contributed by atoms with van der Waals surface area (Å²) in [7, 11) is -8.26. The van der Waals surface area contributed by atoms with Gasteiger partial charge in [0, 0.05) is 88.7 Å². The van der Waals surface area contributed by atoms with E-state index in [1.807, 2.05) is 17.0 Å². The molecule has 1 aliphatic carbocycles. The van der Waals surface area contributed by atoms with Crippen molar-refractivity contribution in [3.8, 4) is 11.6 Å². The number of piperidine rings is 1. The van der Waals surface area contributed by atoms with Gasteiger partial charge in [-0.2, -0.15) is 9.29 Å². The van der Waals surface area contributed by atoms with Crippen LogP contribution in [0.1, 0.15) is 73.5 Å². The van der Waals surface area contributed by atoms with Crippen molar-refractivity contribution in [3.05, 3.63) is 93.7 Å². The average Bonchev–Trinajstić information content (AvgIpc) is 3.91. The van der Waals surface area contributed by atoms with Gasteiger partial charge in [0.25, 0.3) is 11.6 Å². The Bertz CT molecular complexity index is 3350. The summed E-state index contributed by atoms with van der Waals surface area (Å²) in [6, 6.07) is 17.4. The number of nitro groups is 1. The van der Waals surface area contributed by atoms with Gasteiger partial charge in [-0.1, -0.05) is 24.3 Å². The Hall–Kier alpha value is -6.08. The van der Waals surface area contributed by atoms with Gasteiger partial charge in [0.2, 0.25) is 25.7 Å². The van der Waals surface area contributed by atoms with Gasteiger partial charge in [-0.05, 0) is 93.7 Å².